The Morgan fingerprint density at radius 1 is 0.903 bits per heavy atom. The number of aliphatic hydroxyl groups is 4. The van der Waals surface area contributed by atoms with E-state index in [9.17, 15) is 25.5 Å². The number of aliphatic hydroxyl groups excluding tert-OH is 4. The number of phenolic OH excluding ortho intramolecular Hbond substituents is 1. The summed E-state index contributed by atoms with van der Waals surface area (Å²) in [6.07, 6.45) is -5.50. The van der Waals surface area contributed by atoms with Gasteiger partial charge in [-0.05, 0) is 40.8 Å². The van der Waals surface area contributed by atoms with Crippen LogP contribution in [-0.2, 0) is 21.7 Å². The van der Waals surface area contributed by atoms with Crippen molar-refractivity contribution in [2.45, 2.75) is 36.6 Å². The molecule has 4 rings (SSSR count). The maximum absolute atomic E-state index is 10.7. The third-order valence-corrected chi connectivity index (χ3v) is 5.89. The molecule has 1 heterocycles. The number of hydrogen-bond donors (Lipinski definition) is 5. The molecule has 0 radical (unpaired) electrons. The van der Waals surface area contributed by atoms with Gasteiger partial charge in [0.2, 0.25) is 5.79 Å². The van der Waals surface area contributed by atoms with Gasteiger partial charge < -0.3 is 35.0 Å². The Morgan fingerprint density at radius 2 is 1.58 bits per heavy atom. The van der Waals surface area contributed by atoms with E-state index in [4.69, 9.17) is 9.47 Å². The van der Waals surface area contributed by atoms with Crippen LogP contribution in [0.25, 0.3) is 11.1 Å². The molecule has 1 aromatic carbocycles. The van der Waals surface area contributed by atoms with Crippen molar-refractivity contribution in [3.05, 3.63) is 77.4 Å². The summed E-state index contributed by atoms with van der Waals surface area (Å²) in [5, 5.41) is 51.2. The Balaban J connectivity index is 1.72. The van der Waals surface area contributed by atoms with Crippen molar-refractivity contribution in [1.29, 1.82) is 0 Å². The van der Waals surface area contributed by atoms with E-state index >= 15 is 0 Å². The molecule has 5 N–H and O–H groups in total. The van der Waals surface area contributed by atoms with Crippen molar-refractivity contribution < 1.29 is 35.0 Å². The van der Waals surface area contributed by atoms with Crippen LogP contribution in [0, 0.1) is 0 Å². The molecular formula is C24H26O7. The van der Waals surface area contributed by atoms with Crippen molar-refractivity contribution in [2.24, 2.45) is 0 Å². The van der Waals surface area contributed by atoms with E-state index in [2.05, 4.69) is 12.1 Å². The third-order valence-electron chi connectivity index (χ3n) is 5.89. The molecule has 7 nitrogen and oxygen atoms in total. The molecule has 5 atom stereocenters. The summed E-state index contributed by atoms with van der Waals surface area (Å²) in [6.45, 7) is -0.603. The number of ether oxygens (including phenoxy) is 2. The standard InChI is InChI=1S/C24H26O7/c1-30-24(23(29)22(28)21(27)20(13-25)31-24)18-12-14(7-8-19(18)26)9-15-10-16-5-3-2-4-6-17(16)11-15/h2-8,10-12,20-23,25-29H,9,13H2,1H3/t20-,21-,22+,23-,24+/m1/s1. The topological polar surface area (TPSA) is 120 Å². The van der Waals surface area contributed by atoms with Crippen LogP contribution in [0.15, 0.2) is 60.7 Å². The van der Waals surface area contributed by atoms with Crippen LogP contribution in [0.5, 0.6) is 5.75 Å². The normalized spacial score (nSPS) is 28.7. The first-order valence-corrected chi connectivity index (χ1v) is 10.1. The summed E-state index contributed by atoms with van der Waals surface area (Å²) < 4.78 is 11.2. The molecule has 164 valence electrons. The largest absolute Gasteiger partial charge is 0.507 e. The van der Waals surface area contributed by atoms with Crippen LogP contribution in [-0.4, -0.2) is 63.7 Å². The van der Waals surface area contributed by atoms with Gasteiger partial charge in [0, 0.05) is 7.11 Å². The van der Waals surface area contributed by atoms with Gasteiger partial charge >= 0.3 is 0 Å². The second-order valence-electron chi connectivity index (χ2n) is 7.85. The highest BCUT2D eigenvalue weighted by Crippen LogP contribution is 2.43. The number of aromatic hydroxyl groups is 1. The zero-order valence-corrected chi connectivity index (χ0v) is 17.0. The number of hydrogen-bond acceptors (Lipinski definition) is 7. The Kier molecular flexibility index (Phi) is 5.98. The monoisotopic (exact) mass is 426 g/mol. The minimum atomic E-state index is -1.96. The molecule has 0 bridgehead atoms. The van der Waals surface area contributed by atoms with E-state index in [-0.39, 0.29) is 11.3 Å². The molecule has 1 fully saturated rings. The van der Waals surface area contributed by atoms with Gasteiger partial charge in [-0.25, -0.2) is 0 Å². The molecule has 1 aromatic rings. The van der Waals surface area contributed by atoms with E-state index in [0.29, 0.717) is 6.42 Å². The van der Waals surface area contributed by atoms with Gasteiger partial charge in [-0.3, -0.25) is 0 Å². The molecule has 3 aliphatic rings. The summed E-state index contributed by atoms with van der Waals surface area (Å²) in [5.41, 5.74) is 4.22. The van der Waals surface area contributed by atoms with Crippen molar-refractivity contribution in [3.8, 4) is 16.9 Å². The lowest BCUT2D eigenvalue weighted by Gasteiger charge is -2.47. The smallest absolute Gasteiger partial charge is 0.228 e. The molecule has 0 aromatic heterocycles. The summed E-state index contributed by atoms with van der Waals surface area (Å²) >= 11 is 0. The number of benzene rings is 1. The molecule has 1 saturated heterocycles. The van der Waals surface area contributed by atoms with Crippen LogP contribution < -0.4 is 0 Å². The van der Waals surface area contributed by atoms with E-state index in [1.165, 1.54) is 13.2 Å². The minimum absolute atomic E-state index is 0.104. The van der Waals surface area contributed by atoms with Crippen molar-refractivity contribution in [3.63, 3.8) is 0 Å². The molecule has 1 aliphatic heterocycles. The second-order valence-corrected chi connectivity index (χ2v) is 7.85. The van der Waals surface area contributed by atoms with E-state index in [1.54, 1.807) is 12.1 Å². The predicted octanol–water partition coefficient (Wildman–Crippen LogP) is 1.36. The maximum atomic E-state index is 10.7. The van der Waals surface area contributed by atoms with E-state index in [0.717, 1.165) is 22.3 Å². The molecule has 0 unspecified atom stereocenters. The highest BCUT2D eigenvalue weighted by Gasteiger charge is 2.56. The van der Waals surface area contributed by atoms with E-state index < -0.39 is 36.8 Å². The lowest BCUT2D eigenvalue weighted by atomic mass is 9.86. The average molecular weight is 426 g/mol. The fraction of sp³-hybridized carbons (Fsp3) is 0.333. The lowest BCUT2D eigenvalue weighted by molar-refractivity contribution is -0.366. The van der Waals surface area contributed by atoms with Gasteiger partial charge in [0.1, 0.15) is 30.2 Å². The second kappa shape index (κ2) is 8.55. The average Bonchev–Trinajstić information content (AvgIpc) is 3.02. The van der Waals surface area contributed by atoms with Crippen LogP contribution in [0.4, 0.5) is 0 Å². The first-order chi connectivity index (χ1) is 14.9. The quantitative estimate of drug-likeness (QED) is 0.418. The van der Waals surface area contributed by atoms with Gasteiger partial charge in [-0.1, -0.05) is 48.5 Å². The Labute approximate surface area is 180 Å². The third kappa shape index (κ3) is 3.80. The number of phenols is 1. The zero-order valence-electron chi connectivity index (χ0n) is 17.0. The van der Waals surface area contributed by atoms with Crippen LogP contribution in [0.3, 0.4) is 0 Å². The minimum Gasteiger partial charge on any atom is -0.507 e. The van der Waals surface area contributed by atoms with Gasteiger partial charge in [-0.15, -0.1) is 0 Å². The predicted molar refractivity (Wildman–Crippen MR) is 113 cm³/mol. The summed E-state index contributed by atoms with van der Waals surface area (Å²) in [4.78, 5) is 0. The maximum Gasteiger partial charge on any atom is 0.228 e. The number of methoxy groups -OCH3 is 1. The highest BCUT2D eigenvalue weighted by molar-refractivity contribution is 5.68. The number of rotatable bonds is 5. The number of fused-ring (bicyclic) bond motifs is 1. The lowest BCUT2D eigenvalue weighted by Crippen LogP contribution is -2.64. The molecule has 31 heavy (non-hydrogen) atoms. The Bertz CT molecular complexity index is 990. The molecule has 0 saturated carbocycles. The van der Waals surface area contributed by atoms with Crippen LogP contribution >= 0.6 is 0 Å². The molecular weight excluding hydrogens is 400 g/mol. The van der Waals surface area contributed by atoms with Crippen LogP contribution in [0.1, 0.15) is 16.7 Å². The molecule has 0 amide bonds. The fourth-order valence-electron chi connectivity index (χ4n) is 4.23. The van der Waals surface area contributed by atoms with E-state index in [1.807, 2.05) is 30.3 Å². The summed E-state index contributed by atoms with van der Waals surface area (Å²) in [7, 11) is 1.26. The Morgan fingerprint density at radius 3 is 2.19 bits per heavy atom. The van der Waals surface area contributed by atoms with Gasteiger partial charge in [-0.2, -0.15) is 0 Å². The fourth-order valence-corrected chi connectivity index (χ4v) is 4.23. The van der Waals surface area contributed by atoms with Gasteiger partial charge in [0.05, 0.1) is 12.2 Å². The van der Waals surface area contributed by atoms with Crippen molar-refractivity contribution >= 4 is 0 Å². The molecule has 2 aliphatic carbocycles. The Hall–Kier alpha value is -2.52. The van der Waals surface area contributed by atoms with Crippen molar-refractivity contribution in [1.82, 2.24) is 0 Å². The molecule has 0 spiro atoms. The highest BCUT2D eigenvalue weighted by atomic mass is 16.7. The van der Waals surface area contributed by atoms with Crippen LogP contribution in [0.2, 0.25) is 0 Å². The first kappa shape index (κ1) is 21.7. The summed E-state index contributed by atoms with van der Waals surface area (Å²) in [5.74, 6) is -2.17. The van der Waals surface area contributed by atoms with Gasteiger partial charge in [0.25, 0.3) is 0 Å². The first-order valence-electron chi connectivity index (χ1n) is 10.1. The summed E-state index contributed by atoms with van der Waals surface area (Å²) in [6, 6.07) is 19.0. The SMILES string of the molecule is CO[C@@]1(c2cc(Cc3cc4cccccc-4c3)ccc2O)O[C@H](CO)[C@@H](O)[C@H](O)[C@H]1O. The molecule has 7 heteroatoms. The van der Waals surface area contributed by atoms with Crippen molar-refractivity contribution in [2.75, 3.05) is 13.7 Å². The van der Waals surface area contributed by atoms with Gasteiger partial charge in [0.15, 0.2) is 0 Å². The zero-order chi connectivity index (χ0) is 22.2.